The first-order valence-electron chi connectivity index (χ1n) is 15.7. The summed E-state index contributed by atoms with van der Waals surface area (Å²) in [5.41, 5.74) is 0.937. The predicted octanol–water partition coefficient (Wildman–Crippen LogP) is 6.38. The van der Waals surface area contributed by atoms with Gasteiger partial charge in [-0.05, 0) is 66.3 Å². The third-order valence-electron chi connectivity index (χ3n) is 10.8. The molecule has 0 aromatic heterocycles. The summed E-state index contributed by atoms with van der Waals surface area (Å²) >= 11 is 6.39. The van der Waals surface area contributed by atoms with Gasteiger partial charge in [0.2, 0.25) is 23.6 Å². The molecule has 2 saturated heterocycles. The van der Waals surface area contributed by atoms with Gasteiger partial charge >= 0.3 is 0 Å². The Labute approximate surface area is 271 Å². The average Bonchev–Trinajstić information content (AvgIpc) is 3.45. The lowest BCUT2D eigenvalue weighted by Crippen LogP contribution is -2.53. The molecule has 0 spiro atoms. The summed E-state index contributed by atoms with van der Waals surface area (Å²) in [7, 11) is 0. The van der Waals surface area contributed by atoms with Crippen molar-refractivity contribution in [3.8, 4) is 5.75 Å². The summed E-state index contributed by atoms with van der Waals surface area (Å²) < 4.78 is 0. The van der Waals surface area contributed by atoms with E-state index in [1.807, 2.05) is 66.7 Å². The largest absolute Gasteiger partial charge is 0.508 e. The van der Waals surface area contributed by atoms with Crippen molar-refractivity contribution < 1.29 is 24.3 Å². The van der Waals surface area contributed by atoms with Crippen LogP contribution in [0.5, 0.6) is 5.75 Å². The number of hydrogen-bond acceptors (Lipinski definition) is 5. The van der Waals surface area contributed by atoms with Crippen LogP contribution in [0.15, 0.2) is 103 Å². The summed E-state index contributed by atoms with van der Waals surface area (Å²) in [6, 6.07) is 27.2. The van der Waals surface area contributed by atoms with Crippen LogP contribution in [0.1, 0.15) is 36.8 Å². The van der Waals surface area contributed by atoms with Crippen molar-refractivity contribution >= 4 is 51.7 Å². The summed E-state index contributed by atoms with van der Waals surface area (Å²) in [4.78, 5) is 60.1. The molecule has 2 aliphatic carbocycles. The lowest BCUT2D eigenvalue weighted by molar-refractivity contribution is -0.140. The van der Waals surface area contributed by atoms with E-state index in [2.05, 4.69) is 0 Å². The molecule has 4 amide bonds. The molecular weight excluding hydrogens is 600 g/mol. The number of carbonyl (C=O) groups is 4. The fourth-order valence-corrected chi connectivity index (χ4v) is 9.21. The number of carbonyl (C=O) groups excluding carboxylic acids is 4. The van der Waals surface area contributed by atoms with Gasteiger partial charge in [-0.15, -0.1) is 0 Å². The van der Waals surface area contributed by atoms with Gasteiger partial charge in [-0.1, -0.05) is 90.0 Å². The Morgan fingerprint density at radius 2 is 1.61 bits per heavy atom. The minimum Gasteiger partial charge on any atom is -0.508 e. The van der Waals surface area contributed by atoms with E-state index < -0.39 is 40.9 Å². The van der Waals surface area contributed by atoms with Crippen LogP contribution < -0.4 is 4.90 Å². The molecule has 8 heteroatoms. The number of aromatic hydroxyl groups is 1. The lowest BCUT2D eigenvalue weighted by atomic mass is 9.48. The molecule has 230 valence electrons. The van der Waals surface area contributed by atoms with Crippen LogP contribution in [0, 0.1) is 23.7 Å². The number of allylic oxidation sites excluding steroid dienone is 2. The highest BCUT2D eigenvalue weighted by atomic mass is 35.5. The Kier molecular flexibility index (Phi) is 6.48. The first-order valence-corrected chi connectivity index (χ1v) is 16.1. The Hall–Kier alpha value is -4.75. The van der Waals surface area contributed by atoms with E-state index in [1.54, 1.807) is 37.3 Å². The third kappa shape index (κ3) is 3.72. The minimum atomic E-state index is -1.45. The van der Waals surface area contributed by atoms with Crippen molar-refractivity contribution in [2.75, 3.05) is 11.4 Å². The molecule has 6 unspecified atom stereocenters. The summed E-state index contributed by atoms with van der Waals surface area (Å²) in [5.74, 6) is -4.54. The van der Waals surface area contributed by atoms with E-state index in [0.717, 1.165) is 16.3 Å². The molecule has 2 aliphatic heterocycles. The number of imide groups is 2. The maximum atomic E-state index is 15.4. The van der Waals surface area contributed by atoms with Crippen LogP contribution in [0.4, 0.5) is 5.69 Å². The summed E-state index contributed by atoms with van der Waals surface area (Å²) in [5, 5.41) is 13.8. The second-order valence-corrected chi connectivity index (χ2v) is 13.2. The Bertz CT molecular complexity index is 2010. The molecular formula is C38H31ClN2O5. The molecule has 8 rings (SSSR count). The van der Waals surface area contributed by atoms with Crippen molar-refractivity contribution in [2.45, 2.75) is 31.1 Å². The molecule has 1 N–H and O–H groups in total. The maximum absolute atomic E-state index is 15.4. The molecule has 3 fully saturated rings. The molecule has 4 aromatic rings. The van der Waals surface area contributed by atoms with Crippen LogP contribution >= 0.6 is 11.6 Å². The van der Waals surface area contributed by atoms with Gasteiger partial charge in [0.15, 0.2) is 0 Å². The highest BCUT2D eigenvalue weighted by molar-refractivity contribution is 6.32. The molecule has 46 heavy (non-hydrogen) atoms. The molecule has 2 heterocycles. The number of phenols is 1. The average molecular weight is 631 g/mol. The highest BCUT2D eigenvalue weighted by Crippen LogP contribution is 2.65. The smallest absolute Gasteiger partial charge is 0.246 e. The van der Waals surface area contributed by atoms with Gasteiger partial charge in [-0.3, -0.25) is 24.1 Å². The van der Waals surface area contributed by atoms with Crippen molar-refractivity contribution in [1.29, 1.82) is 0 Å². The number of hydrogen-bond donors (Lipinski definition) is 1. The molecule has 0 bridgehead atoms. The van der Waals surface area contributed by atoms with Gasteiger partial charge in [-0.2, -0.15) is 0 Å². The number of nitrogens with zero attached hydrogens (tertiary/aromatic N) is 2. The monoisotopic (exact) mass is 630 g/mol. The Balaban J connectivity index is 1.46. The van der Waals surface area contributed by atoms with Crippen molar-refractivity contribution in [1.82, 2.24) is 4.90 Å². The number of fused-ring (bicyclic) bond motifs is 5. The number of anilines is 1. The fraction of sp³-hybridized carbons (Fsp3) is 0.263. The van der Waals surface area contributed by atoms with Crippen LogP contribution in [0.3, 0.4) is 0 Å². The zero-order chi connectivity index (χ0) is 31.9. The van der Waals surface area contributed by atoms with E-state index >= 15 is 4.79 Å². The van der Waals surface area contributed by atoms with E-state index in [0.29, 0.717) is 28.3 Å². The van der Waals surface area contributed by atoms with E-state index in [4.69, 9.17) is 11.6 Å². The fourth-order valence-electron chi connectivity index (χ4n) is 9.02. The number of likely N-dealkylation sites (tertiary alicyclic amines) is 1. The SMILES string of the molecule is CCN1C(=O)C2CC=C3C(CC4C(=O)N(c5cccc(Cl)c5)C(=O)C4(c4ccccc4)C3c3c(O)ccc4ccccc34)C2C1=O. The number of amides is 4. The normalized spacial score (nSPS) is 28.7. The number of halogens is 1. The first-order chi connectivity index (χ1) is 22.3. The number of rotatable bonds is 4. The van der Waals surface area contributed by atoms with E-state index in [1.165, 1.54) is 9.80 Å². The maximum Gasteiger partial charge on any atom is 0.246 e. The van der Waals surface area contributed by atoms with Crippen molar-refractivity contribution in [3.63, 3.8) is 0 Å². The van der Waals surface area contributed by atoms with Crippen LogP contribution in [0.2, 0.25) is 5.02 Å². The number of phenolic OH excluding ortho intramolecular Hbond substituents is 1. The Morgan fingerprint density at radius 3 is 2.37 bits per heavy atom. The molecule has 6 atom stereocenters. The van der Waals surface area contributed by atoms with Crippen LogP contribution in [-0.4, -0.2) is 40.2 Å². The molecule has 1 saturated carbocycles. The summed E-state index contributed by atoms with van der Waals surface area (Å²) in [6.45, 7) is 2.07. The topological polar surface area (TPSA) is 95.0 Å². The molecule has 0 radical (unpaired) electrons. The first kappa shape index (κ1) is 28.7. The van der Waals surface area contributed by atoms with Crippen molar-refractivity contribution in [2.24, 2.45) is 23.7 Å². The van der Waals surface area contributed by atoms with Gasteiger partial charge < -0.3 is 5.11 Å². The Morgan fingerprint density at radius 1 is 0.848 bits per heavy atom. The van der Waals surface area contributed by atoms with Gasteiger partial charge in [-0.25, -0.2) is 4.90 Å². The van der Waals surface area contributed by atoms with Gasteiger partial charge in [0.25, 0.3) is 0 Å². The standard InChI is InChI=1S/C38H31ClN2O5/c1-2-40-34(43)27-17-16-26-28(31(27)36(40)45)20-29-35(44)41(24-13-8-12-23(39)19-24)37(46)38(29,22-10-4-3-5-11-22)33(26)32-25-14-7-6-9-21(25)15-18-30(32)42/h3-16,18-19,27-29,31,33,42H,2,17,20H2,1H3. The zero-order valence-corrected chi connectivity index (χ0v) is 25.9. The highest BCUT2D eigenvalue weighted by Gasteiger charge is 2.70. The predicted molar refractivity (Wildman–Crippen MR) is 174 cm³/mol. The van der Waals surface area contributed by atoms with Gasteiger partial charge in [0.05, 0.1) is 28.9 Å². The zero-order valence-electron chi connectivity index (χ0n) is 25.1. The lowest BCUT2D eigenvalue weighted by Gasteiger charge is -2.51. The van der Waals surface area contributed by atoms with Crippen LogP contribution in [-0.2, 0) is 24.6 Å². The molecule has 4 aromatic carbocycles. The third-order valence-corrected chi connectivity index (χ3v) is 11.0. The second kappa shape index (κ2) is 10.4. The van der Waals surface area contributed by atoms with Crippen molar-refractivity contribution in [3.05, 3.63) is 119 Å². The van der Waals surface area contributed by atoms with Gasteiger partial charge in [0, 0.05) is 23.0 Å². The van der Waals surface area contributed by atoms with E-state index in [9.17, 15) is 19.5 Å². The summed E-state index contributed by atoms with van der Waals surface area (Å²) in [6.07, 6.45) is 2.57. The quantitative estimate of drug-likeness (QED) is 0.209. The van der Waals surface area contributed by atoms with E-state index in [-0.39, 0.29) is 36.4 Å². The van der Waals surface area contributed by atoms with Gasteiger partial charge in [0.1, 0.15) is 5.75 Å². The minimum absolute atomic E-state index is 0.00638. The molecule has 4 aliphatic rings. The molecule has 7 nitrogen and oxygen atoms in total. The second-order valence-electron chi connectivity index (χ2n) is 12.7. The van der Waals surface area contributed by atoms with Crippen LogP contribution in [0.25, 0.3) is 10.8 Å². The number of benzene rings is 4.